The molecule has 2 N–H and O–H groups in total. The SMILES string of the molecule is COC(=O)CN1CCN(C(=O)CC2CCCCC2N)CC1. The summed E-state index contributed by atoms with van der Waals surface area (Å²) in [5.74, 6) is 0.345. The standard InChI is InChI=1S/C15H27N3O3/c1-21-15(20)11-17-6-8-18(9-7-17)14(19)10-12-4-2-3-5-13(12)16/h12-13H,2-11,16H2,1H3. The summed E-state index contributed by atoms with van der Waals surface area (Å²) < 4.78 is 4.66. The summed E-state index contributed by atoms with van der Waals surface area (Å²) in [6.45, 7) is 3.16. The number of ether oxygens (including phenoxy) is 1. The Labute approximate surface area is 126 Å². The summed E-state index contributed by atoms with van der Waals surface area (Å²) in [7, 11) is 1.40. The molecule has 2 fully saturated rings. The lowest BCUT2D eigenvalue weighted by molar-refractivity contribution is -0.142. The highest BCUT2D eigenvalue weighted by atomic mass is 16.5. The Morgan fingerprint density at radius 3 is 2.43 bits per heavy atom. The summed E-state index contributed by atoms with van der Waals surface area (Å²) in [5.41, 5.74) is 6.12. The van der Waals surface area contributed by atoms with Gasteiger partial charge in [0.2, 0.25) is 5.91 Å². The van der Waals surface area contributed by atoms with Crippen LogP contribution in [0, 0.1) is 5.92 Å². The van der Waals surface area contributed by atoms with Crippen LogP contribution in [0.5, 0.6) is 0 Å². The second-order valence-electron chi connectivity index (χ2n) is 6.15. The van der Waals surface area contributed by atoms with Gasteiger partial charge in [-0.3, -0.25) is 14.5 Å². The average Bonchev–Trinajstić information content (AvgIpc) is 2.50. The first kappa shape index (κ1) is 16.2. The van der Waals surface area contributed by atoms with Crippen molar-refractivity contribution in [2.24, 2.45) is 11.7 Å². The van der Waals surface area contributed by atoms with Crippen molar-refractivity contribution >= 4 is 11.9 Å². The van der Waals surface area contributed by atoms with E-state index in [1.807, 2.05) is 9.80 Å². The predicted octanol–water partition coefficient (Wildman–Crippen LogP) is 0.211. The minimum atomic E-state index is -0.219. The lowest BCUT2D eigenvalue weighted by Crippen LogP contribution is -2.50. The third-order valence-corrected chi connectivity index (χ3v) is 4.71. The van der Waals surface area contributed by atoms with Gasteiger partial charge in [0.25, 0.3) is 0 Å². The van der Waals surface area contributed by atoms with E-state index < -0.39 is 0 Å². The number of rotatable bonds is 4. The minimum Gasteiger partial charge on any atom is -0.468 e. The van der Waals surface area contributed by atoms with E-state index in [9.17, 15) is 9.59 Å². The van der Waals surface area contributed by atoms with Gasteiger partial charge >= 0.3 is 5.97 Å². The highest BCUT2D eigenvalue weighted by Crippen LogP contribution is 2.26. The zero-order chi connectivity index (χ0) is 15.2. The van der Waals surface area contributed by atoms with Crippen molar-refractivity contribution in [3.05, 3.63) is 0 Å². The fourth-order valence-corrected chi connectivity index (χ4v) is 3.25. The van der Waals surface area contributed by atoms with Gasteiger partial charge in [-0.1, -0.05) is 12.8 Å². The molecule has 6 heteroatoms. The highest BCUT2D eigenvalue weighted by molar-refractivity contribution is 5.76. The first-order valence-electron chi connectivity index (χ1n) is 7.92. The number of carbonyl (C=O) groups is 2. The Morgan fingerprint density at radius 1 is 1.14 bits per heavy atom. The smallest absolute Gasteiger partial charge is 0.319 e. The second-order valence-corrected chi connectivity index (χ2v) is 6.15. The van der Waals surface area contributed by atoms with Gasteiger partial charge in [-0.05, 0) is 18.8 Å². The van der Waals surface area contributed by atoms with Gasteiger partial charge in [-0.2, -0.15) is 0 Å². The fourth-order valence-electron chi connectivity index (χ4n) is 3.25. The number of hydrogen-bond acceptors (Lipinski definition) is 5. The number of carbonyl (C=O) groups excluding carboxylic acids is 2. The number of nitrogens with two attached hydrogens (primary N) is 1. The summed E-state index contributed by atoms with van der Waals surface area (Å²) >= 11 is 0. The van der Waals surface area contributed by atoms with Crippen molar-refractivity contribution in [3.63, 3.8) is 0 Å². The van der Waals surface area contributed by atoms with Crippen LogP contribution < -0.4 is 5.73 Å². The van der Waals surface area contributed by atoms with Gasteiger partial charge in [0, 0.05) is 38.6 Å². The van der Waals surface area contributed by atoms with Crippen molar-refractivity contribution in [2.45, 2.75) is 38.1 Å². The molecule has 0 bridgehead atoms. The van der Waals surface area contributed by atoms with Crippen LogP contribution >= 0.6 is 0 Å². The van der Waals surface area contributed by atoms with Crippen LogP contribution in [0.1, 0.15) is 32.1 Å². The van der Waals surface area contributed by atoms with Crippen LogP contribution in [-0.4, -0.2) is 67.6 Å². The van der Waals surface area contributed by atoms with E-state index in [4.69, 9.17) is 5.73 Å². The third-order valence-electron chi connectivity index (χ3n) is 4.71. The zero-order valence-corrected chi connectivity index (χ0v) is 12.9. The highest BCUT2D eigenvalue weighted by Gasteiger charge is 2.28. The molecule has 6 nitrogen and oxygen atoms in total. The number of amides is 1. The maximum absolute atomic E-state index is 12.4. The lowest BCUT2D eigenvalue weighted by Gasteiger charge is -2.36. The normalized spacial score (nSPS) is 27.4. The molecule has 0 spiro atoms. The molecule has 0 aromatic heterocycles. The van der Waals surface area contributed by atoms with Gasteiger partial charge < -0.3 is 15.4 Å². The van der Waals surface area contributed by atoms with Crippen molar-refractivity contribution in [3.8, 4) is 0 Å². The van der Waals surface area contributed by atoms with E-state index in [0.717, 1.165) is 25.9 Å². The molecule has 0 radical (unpaired) electrons. The van der Waals surface area contributed by atoms with E-state index >= 15 is 0 Å². The van der Waals surface area contributed by atoms with Gasteiger partial charge in [0.1, 0.15) is 0 Å². The number of methoxy groups -OCH3 is 1. The maximum atomic E-state index is 12.4. The molecular formula is C15H27N3O3. The summed E-state index contributed by atoms with van der Waals surface area (Å²) in [6.07, 6.45) is 5.09. The van der Waals surface area contributed by atoms with Crippen molar-refractivity contribution in [1.82, 2.24) is 9.80 Å². The summed E-state index contributed by atoms with van der Waals surface area (Å²) in [6, 6.07) is 0.184. The third kappa shape index (κ3) is 4.68. The quantitative estimate of drug-likeness (QED) is 0.751. The van der Waals surface area contributed by atoms with E-state index in [1.54, 1.807) is 0 Å². The van der Waals surface area contributed by atoms with Crippen molar-refractivity contribution < 1.29 is 14.3 Å². The molecule has 2 unspecified atom stereocenters. The van der Waals surface area contributed by atoms with E-state index in [1.165, 1.54) is 20.0 Å². The monoisotopic (exact) mass is 297 g/mol. The summed E-state index contributed by atoms with van der Waals surface area (Å²) in [4.78, 5) is 27.5. The van der Waals surface area contributed by atoms with Gasteiger partial charge in [0.05, 0.1) is 13.7 Å². The molecule has 1 saturated carbocycles. The molecule has 1 aliphatic carbocycles. The molecule has 1 heterocycles. The van der Waals surface area contributed by atoms with Crippen molar-refractivity contribution in [2.75, 3.05) is 39.8 Å². The molecule has 21 heavy (non-hydrogen) atoms. The fraction of sp³-hybridized carbons (Fsp3) is 0.867. The number of hydrogen-bond donors (Lipinski definition) is 1. The van der Waals surface area contributed by atoms with E-state index in [2.05, 4.69) is 4.74 Å². The molecule has 0 aromatic rings. The first-order chi connectivity index (χ1) is 10.1. The van der Waals surface area contributed by atoms with Gasteiger partial charge in [-0.25, -0.2) is 0 Å². The van der Waals surface area contributed by atoms with Gasteiger partial charge in [-0.15, -0.1) is 0 Å². The molecule has 1 amide bonds. The Bertz CT molecular complexity index is 367. The number of piperazine rings is 1. The Kier molecular flexibility index (Phi) is 5.99. The van der Waals surface area contributed by atoms with E-state index in [0.29, 0.717) is 32.0 Å². The average molecular weight is 297 g/mol. The Balaban J connectivity index is 1.73. The van der Waals surface area contributed by atoms with Crippen LogP contribution in [0.4, 0.5) is 0 Å². The lowest BCUT2D eigenvalue weighted by atomic mass is 9.82. The van der Waals surface area contributed by atoms with Crippen LogP contribution in [0.15, 0.2) is 0 Å². The molecular weight excluding hydrogens is 270 g/mol. The molecule has 0 aromatic carbocycles. The molecule has 2 aliphatic rings. The van der Waals surface area contributed by atoms with Gasteiger partial charge in [0.15, 0.2) is 0 Å². The Morgan fingerprint density at radius 2 is 1.81 bits per heavy atom. The largest absolute Gasteiger partial charge is 0.468 e. The predicted molar refractivity (Wildman–Crippen MR) is 79.6 cm³/mol. The first-order valence-corrected chi connectivity index (χ1v) is 7.92. The maximum Gasteiger partial charge on any atom is 0.319 e. The Hall–Kier alpha value is -1.14. The molecule has 2 atom stereocenters. The van der Waals surface area contributed by atoms with Crippen LogP contribution in [0.25, 0.3) is 0 Å². The number of nitrogens with zero attached hydrogens (tertiary/aromatic N) is 2. The second kappa shape index (κ2) is 7.75. The molecule has 1 saturated heterocycles. The molecule has 2 rings (SSSR count). The van der Waals surface area contributed by atoms with Crippen molar-refractivity contribution in [1.29, 1.82) is 0 Å². The van der Waals surface area contributed by atoms with Crippen LogP contribution in [0.2, 0.25) is 0 Å². The zero-order valence-electron chi connectivity index (χ0n) is 12.9. The summed E-state index contributed by atoms with van der Waals surface area (Å²) in [5, 5.41) is 0. The molecule has 1 aliphatic heterocycles. The van der Waals surface area contributed by atoms with Crippen LogP contribution in [-0.2, 0) is 14.3 Å². The van der Waals surface area contributed by atoms with Crippen LogP contribution in [0.3, 0.4) is 0 Å². The minimum absolute atomic E-state index is 0.184. The topological polar surface area (TPSA) is 75.9 Å². The molecule has 120 valence electrons. The number of esters is 1. The van der Waals surface area contributed by atoms with E-state index in [-0.39, 0.29) is 17.9 Å².